The van der Waals surface area contributed by atoms with Crippen LogP contribution in [0.5, 0.6) is 0 Å². The SMILES string of the molecule is CCCCCCCCCCCCCCCCc1ccccc1CCl.CNC. The predicted molar refractivity (Wildman–Crippen MR) is 125 cm³/mol. The van der Waals surface area contributed by atoms with Crippen molar-refractivity contribution in [1.82, 2.24) is 5.32 Å². The van der Waals surface area contributed by atoms with Crippen LogP contribution < -0.4 is 5.32 Å². The Hall–Kier alpha value is -0.530. The van der Waals surface area contributed by atoms with Gasteiger partial charge in [0.1, 0.15) is 0 Å². The van der Waals surface area contributed by atoms with E-state index in [0.29, 0.717) is 5.88 Å². The van der Waals surface area contributed by atoms with Crippen LogP contribution in [0.3, 0.4) is 0 Å². The Bertz CT molecular complexity index is 405. The molecule has 27 heavy (non-hydrogen) atoms. The zero-order valence-corrected chi connectivity index (χ0v) is 19.3. The molecular weight excluding hydrogens is 350 g/mol. The monoisotopic (exact) mass is 395 g/mol. The van der Waals surface area contributed by atoms with E-state index in [1.807, 2.05) is 14.1 Å². The first-order valence-corrected chi connectivity index (χ1v) is 12.0. The quantitative estimate of drug-likeness (QED) is 0.219. The smallest absolute Gasteiger partial charge is 0.0476 e. The van der Waals surface area contributed by atoms with Crippen molar-refractivity contribution in [2.45, 2.75) is 109 Å². The third kappa shape index (κ3) is 17.3. The first-order chi connectivity index (χ1) is 13.3. The molecule has 1 aromatic carbocycles. The minimum atomic E-state index is 0.648. The summed E-state index contributed by atoms with van der Waals surface area (Å²) in [6.07, 6.45) is 21.1. The van der Waals surface area contributed by atoms with Gasteiger partial charge in [-0.1, -0.05) is 115 Å². The fraction of sp³-hybridized carbons (Fsp3) is 0.760. The lowest BCUT2D eigenvalue weighted by atomic mass is 10.0. The Labute approximate surface area is 175 Å². The van der Waals surface area contributed by atoms with Crippen molar-refractivity contribution in [1.29, 1.82) is 0 Å². The molecule has 0 heterocycles. The van der Waals surface area contributed by atoms with Crippen molar-refractivity contribution in [2.75, 3.05) is 14.1 Å². The van der Waals surface area contributed by atoms with Crippen LogP contribution in [-0.4, -0.2) is 14.1 Å². The van der Waals surface area contributed by atoms with Gasteiger partial charge in [-0.05, 0) is 38.1 Å². The normalized spacial score (nSPS) is 10.5. The van der Waals surface area contributed by atoms with Crippen LogP contribution in [0, 0.1) is 0 Å². The van der Waals surface area contributed by atoms with Gasteiger partial charge in [-0.15, -0.1) is 11.6 Å². The first kappa shape index (κ1) is 26.5. The number of unbranched alkanes of at least 4 members (excludes halogenated alkanes) is 13. The highest BCUT2D eigenvalue weighted by Gasteiger charge is 2.00. The minimum absolute atomic E-state index is 0.648. The highest BCUT2D eigenvalue weighted by Crippen LogP contribution is 2.16. The van der Waals surface area contributed by atoms with Crippen LogP contribution in [0.15, 0.2) is 24.3 Å². The van der Waals surface area contributed by atoms with Crippen molar-refractivity contribution in [3.05, 3.63) is 35.4 Å². The zero-order valence-electron chi connectivity index (χ0n) is 18.5. The molecular formula is C25H46ClN. The van der Waals surface area contributed by atoms with Crippen LogP contribution in [0.2, 0.25) is 0 Å². The molecule has 1 N–H and O–H groups in total. The van der Waals surface area contributed by atoms with E-state index in [2.05, 4.69) is 36.5 Å². The molecule has 1 rings (SSSR count). The number of rotatable bonds is 16. The van der Waals surface area contributed by atoms with Gasteiger partial charge >= 0.3 is 0 Å². The Morgan fingerprint density at radius 1 is 0.630 bits per heavy atom. The maximum absolute atomic E-state index is 6.00. The molecule has 0 amide bonds. The largest absolute Gasteiger partial charge is 0.323 e. The van der Waals surface area contributed by atoms with Crippen LogP contribution in [0.25, 0.3) is 0 Å². The number of aryl methyl sites for hydroxylation is 1. The molecule has 0 radical (unpaired) electrons. The summed E-state index contributed by atoms with van der Waals surface area (Å²) in [5.74, 6) is 0.648. The average Bonchev–Trinajstić information content (AvgIpc) is 2.69. The summed E-state index contributed by atoms with van der Waals surface area (Å²) in [5, 5.41) is 2.75. The standard InChI is InChI=1S/C23H39Cl.C2H7N/c1-2-3-4-5-6-7-8-9-10-11-12-13-14-15-18-22-19-16-17-20-23(22)21-24;1-3-2/h16-17,19-20H,2-15,18,21H2,1H3;3H,1-2H3. The number of hydrogen-bond acceptors (Lipinski definition) is 1. The lowest BCUT2D eigenvalue weighted by Crippen LogP contribution is -1.92. The molecule has 0 saturated heterocycles. The molecule has 0 unspecified atom stereocenters. The van der Waals surface area contributed by atoms with E-state index in [0.717, 1.165) is 0 Å². The van der Waals surface area contributed by atoms with Crippen molar-refractivity contribution in [3.63, 3.8) is 0 Å². The van der Waals surface area contributed by atoms with E-state index in [-0.39, 0.29) is 0 Å². The lowest BCUT2D eigenvalue weighted by Gasteiger charge is -2.07. The molecule has 0 spiro atoms. The molecule has 0 aliphatic heterocycles. The summed E-state index contributed by atoms with van der Waals surface area (Å²) >= 11 is 6.00. The van der Waals surface area contributed by atoms with Crippen LogP contribution in [0.1, 0.15) is 108 Å². The molecule has 0 fully saturated rings. The van der Waals surface area contributed by atoms with Gasteiger partial charge in [0.15, 0.2) is 0 Å². The predicted octanol–water partition coefficient (Wildman–Crippen LogP) is 8.28. The van der Waals surface area contributed by atoms with E-state index in [9.17, 15) is 0 Å². The fourth-order valence-corrected chi connectivity index (χ4v) is 3.70. The fourth-order valence-electron chi connectivity index (χ4n) is 3.44. The second-order valence-electron chi connectivity index (χ2n) is 7.75. The van der Waals surface area contributed by atoms with Crippen molar-refractivity contribution in [2.24, 2.45) is 0 Å². The van der Waals surface area contributed by atoms with Crippen molar-refractivity contribution < 1.29 is 0 Å². The van der Waals surface area contributed by atoms with Gasteiger partial charge in [-0.3, -0.25) is 0 Å². The van der Waals surface area contributed by atoms with Gasteiger partial charge in [-0.25, -0.2) is 0 Å². The van der Waals surface area contributed by atoms with E-state index < -0.39 is 0 Å². The van der Waals surface area contributed by atoms with Gasteiger partial charge in [0.25, 0.3) is 0 Å². The summed E-state index contributed by atoms with van der Waals surface area (Å²) in [6, 6.07) is 8.62. The molecule has 0 saturated carbocycles. The van der Waals surface area contributed by atoms with Gasteiger partial charge < -0.3 is 5.32 Å². The molecule has 0 aromatic heterocycles. The van der Waals surface area contributed by atoms with Crippen molar-refractivity contribution >= 4 is 11.6 Å². The maximum atomic E-state index is 6.00. The Kier molecular flexibility index (Phi) is 21.3. The first-order valence-electron chi connectivity index (χ1n) is 11.5. The molecule has 0 atom stereocenters. The number of halogens is 1. The van der Waals surface area contributed by atoms with Gasteiger partial charge in [0.05, 0.1) is 0 Å². The third-order valence-electron chi connectivity index (χ3n) is 5.06. The van der Waals surface area contributed by atoms with E-state index >= 15 is 0 Å². The van der Waals surface area contributed by atoms with Crippen molar-refractivity contribution in [3.8, 4) is 0 Å². The summed E-state index contributed by atoms with van der Waals surface area (Å²) in [5.41, 5.74) is 2.76. The summed E-state index contributed by atoms with van der Waals surface area (Å²) in [6.45, 7) is 2.29. The average molecular weight is 396 g/mol. The molecule has 0 aliphatic carbocycles. The maximum Gasteiger partial charge on any atom is 0.0476 e. The summed E-state index contributed by atoms with van der Waals surface area (Å²) in [7, 11) is 3.75. The summed E-state index contributed by atoms with van der Waals surface area (Å²) < 4.78 is 0. The number of hydrogen-bond donors (Lipinski definition) is 1. The Morgan fingerprint density at radius 3 is 1.41 bits per heavy atom. The van der Waals surface area contributed by atoms with Gasteiger partial charge in [0.2, 0.25) is 0 Å². The third-order valence-corrected chi connectivity index (χ3v) is 5.35. The van der Waals surface area contributed by atoms with Gasteiger partial charge in [0, 0.05) is 5.88 Å². The lowest BCUT2D eigenvalue weighted by molar-refractivity contribution is 0.535. The molecule has 0 bridgehead atoms. The van der Waals surface area contributed by atoms with Gasteiger partial charge in [-0.2, -0.15) is 0 Å². The highest BCUT2D eigenvalue weighted by atomic mass is 35.5. The second-order valence-corrected chi connectivity index (χ2v) is 8.02. The van der Waals surface area contributed by atoms with Crippen LogP contribution in [-0.2, 0) is 12.3 Å². The minimum Gasteiger partial charge on any atom is -0.323 e. The topological polar surface area (TPSA) is 12.0 Å². The Morgan fingerprint density at radius 2 is 1.00 bits per heavy atom. The highest BCUT2D eigenvalue weighted by molar-refractivity contribution is 6.17. The zero-order chi connectivity index (χ0) is 20.0. The van der Waals surface area contributed by atoms with Crippen LogP contribution in [0.4, 0.5) is 0 Å². The Balaban J connectivity index is 0.00000210. The molecule has 1 aromatic rings. The molecule has 158 valence electrons. The second kappa shape index (κ2) is 21.8. The molecule has 0 aliphatic rings. The van der Waals surface area contributed by atoms with E-state index in [1.54, 1.807) is 0 Å². The number of alkyl halides is 1. The number of nitrogens with one attached hydrogen (secondary N) is 1. The molecule has 2 heteroatoms. The summed E-state index contributed by atoms with van der Waals surface area (Å²) in [4.78, 5) is 0. The molecule has 1 nitrogen and oxygen atoms in total. The van der Waals surface area contributed by atoms with E-state index in [1.165, 1.54) is 107 Å². The van der Waals surface area contributed by atoms with Crippen LogP contribution >= 0.6 is 11.6 Å². The number of benzene rings is 1. The van der Waals surface area contributed by atoms with E-state index in [4.69, 9.17) is 11.6 Å².